The summed E-state index contributed by atoms with van der Waals surface area (Å²) in [5.41, 5.74) is 0. The van der Waals surface area contributed by atoms with Gasteiger partial charge in [-0.05, 0) is 26.0 Å². The molecule has 1 aromatic heterocycles. The van der Waals surface area contributed by atoms with E-state index in [2.05, 4.69) is 10.3 Å². The van der Waals surface area contributed by atoms with Gasteiger partial charge in [-0.15, -0.1) is 0 Å². The van der Waals surface area contributed by atoms with Crippen molar-refractivity contribution in [2.45, 2.75) is 26.0 Å². The second-order valence-electron chi connectivity index (χ2n) is 3.22. The molecule has 1 N–H and O–H groups in total. The van der Waals surface area contributed by atoms with Crippen molar-refractivity contribution in [3.8, 4) is 0 Å². The largest absolute Gasteiger partial charge is 0.380 e. The third-order valence-corrected chi connectivity index (χ3v) is 2.38. The van der Waals surface area contributed by atoms with Crippen molar-refractivity contribution in [1.82, 2.24) is 4.98 Å². The van der Waals surface area contributed by atoms with Crippen molar-refractivity contribution < 1.29 is 4.74 Å². The predicted molar refractivity (Wildman–Crippen MR) is 58.8 cm³/mol. The first-order valence-corrected chi connectivity index (χ1v) is 4.93. The van der Waals surface area contributed by atoms with Crippen LogP contribution in [0.3, 0.4) is 0 Å². The van der Waals surface area contributed by atoms with Gasteiger partial charge >= 0.3 is 0 Å². The van der Waals surface area contributed by atoms with Crippen LogP contribution in [0.4, 0.5) is 5.82 Å². The van der Waals surface area contributed by atoms with E-state index >= 15 is 0 Å². The van der Waals surface area contributed by atoms with E-state index in [0.717, 1.165) is 5.82 Å². The minimum absolute atomic E-state index is 0.135. The van der Waals surface area contributed by atoms with Gasteiger partial charge in [-0.1, -0.05) is 17.7 Å². The molecule has 1 unspecified atom stereocenters. The summed E-state index contributed by atoms with van der Waals surface area (Å²) in [6.07, 6.45) is 0.135. The maximum Gasteiger partial charge on any atom is 0.131 e. The van der Waals surface area contributed by atoms with E-state index in [1.165, 1.54) is 0 Å². The SMILES string of the molecule is COC(C)[C@@H](C)Nc1cccc(Cl)n1. The zero-order valence-corrected chi connectivity index (χ0v) is 9.38. The van der Waals surface area contributed by atoms with Gasteiger partial charge in [-0.25, -0.2) is 4.98 Å². The van der Waals surface area contributed by atoms with Gasteiger partial charge in [0.2, 0.25) is 0 Å². The molecule has 0 bridgehead atoms. The Kier molecular flexibility index (Phi) is 4.17. The van der Waals surface area contributed by atoms with Gasteiger partial charge in [0.15, 0.2) is 0 Å². The molecular weight excluding hydrogens is 200 g/mol. The van der Waals surface area contributed by atoms with Crippen molar-refractivity contribution >= 4 is 17.4 Å². The molecule has 0 saturated heterocycles. The first-order valence-electron chi connectivity index (χ1n) is 4.55. The molecule has 0 aliphatic carbocycles. The number of pyridine rings is 1. The minimum atomic E-state index is 0.135. The molecule has 78 valence electrons. The molecule has 3 nitrogen and oxygen atoms in total. The Morgan fingerprint density at radius 1 is 1.43 bits per heavy atom. The molecule has 4 heteroatoms. The third-order valence-electron chi connectivity index (χ3n) is 2.17. The molecule has 0 aliphatic rings. The Balaban J connectivity index is 2.60. The number of hydrogen-bond donors (Lipinski definition) is 1. The topological polar surface area (TPSA) is 34.1 Å². The number of rotatable bonds is 4. The summed E-state index contributed by atoms with van der Waals surface area (Å²) in [6.45, 7) is 4.04. The van der Waals surface area contributed by atoms with Gasteiger partial charge in [0.25, 0.3) is 0 Å². The number of hydrogen-bond acceptors (Lipinski definition) is 3. The van der Waals surface area contributed by atoms with Crippen LogP contribution in [0.15, 0.2) is 18.2 Å². The third kappa shape index (κ3) is 3.16. The molecule has 0 radical (unpaired) electrons. The Labute approximate surface area is 89.4 Å². The summed E-state index contributed by atoms with van der Waals surface area (Å²) in [4.78, 5) is 4.13. The number of nitrogens with zero attached hydrogens (tertiary/aromatic N) is 1. The van der Waals surface area contributed by atoms with Crippen LogP contribution in [-0.2, 0) is 4.74 Å². The van der Waals surface area contributed by atoms with Crippen molar-refractivity contribution in [2.24, 2.45) is 0 Å². The van der Waals surface area contributed by atoms with Crippen LogP contribution in [-0.4, -0.2) is 24.2 Å². The molecular formula is C10H15ClN2O. The summed E-state index contributed by atoms with van der Waals surface area (Å²) in [5.74, 6) is 0.772. The Morgan fingerprint density at radius 2 is 2.14 bits per heavy atom. The van der Waals surface area contributed by atoms with E-state index in [4.69, 9.17) is 16.3 Å². The molecule has 2 atom stereocenters. The monoisotopic (exact) mass is 214 g/mol. The van der Waals surface area contributed by atoms with Gasteiger partial charge < -0.3 is 10.1 Å². The smallest absolute Gasteiger partial charge is 0.131 e. The number of halogens is 1. The van der Waals surface area contributed by atoms with E-state index < -0.39 is 0 Å². The Morgan fingerprint density at radius 3 is 2.71 bits per heavy atom. The highest BCUT2D eigenvalue weighted by Gasteiger charge is 2.10. The fourth-order valence-electron chi connectivity index (χ4n) is 1.04. The lowest BCUT2D eigenvalue weighted by Crippen LogP contribution is -2.29. The molecule has 0 fully saturated rings. The quantitative estimate of drug-likeness (QED) is 0.783. The molecule has 1 rings (SSSR count). The highest BCUT2D eigenvalue weighted by Crippen LogP contribution is 2.11. The van der Waals surface area contributed by atoms with Gasteiger partial charge in [0.05, 0.1) is 12.1 Å². The fourth-order valence-corrected chi connectivity index (χ4v) is 1.21. The lowest BCUT2D eigenvalue weighted by molar-refractivity contribution is 0.106. The van der Waals surface area contributed by atoms with Crippen LogP contribution in [0.2, 0.25) is 5.15 Å². The number of ether oxygens (including phenoxy) is 1. The maximum absolute atomic E-state index is 5.76. The number of nitrogens with one attached hydrogen (secondary N) is 1. The van der Waals surface area contributed by atoms with E-state index in [-0.39, 0.29) is 12.1 Å². The van der Waals surface area contributed by atoms with Gasteiger partial charge in [-0.3, -0.25) is 0 Å². The predicted octanol–water partition coefficient (Wildman–Crippen LogP) is 2.57. The zero-order valence-electron chi connectivity index (χ0n) is 8.62. The van der Waals surface area contributed by atoms with Gasteiger partial charge in [0, 0.05) is 7.11 Å². The van der Waals surface area contributed by atoms with Gasteiger partial charge in [0.1, 0.15) is 11.0 Å². The maximum atomic E-state index is 5.76. The lowest BCUT2D eigenvalue weighted by atomic mass is 10.2. The zero-order chi connectivity index (χ0) is 10.6. The van der Waals surface area contributed by atoms with Gasteiger partial charge in [-0.2, -0.15) is 0 Å². The normalized spacial score (nSPS) is 14.9. The summed E-state index contributed by atoms with van der Waals surface area (Å²) < 4.78 is 5.19. The van der Waals surface area contributed by atoms with E-state index in [9.17, 15) is 0 Å². The summed E-state index contributed by atoms with van der Waals surface area (Å²) in [7, 11) is 1.69. The summed E-state index contributed by atoms with van der Waals surface area (Å²) in [6, 6.07) is 5.69. The lowest BCUT2D eigenvalue weighted by Gasteiger charge is -2.20. The van der Waals surface area contributed by atoms with Crippen molar-refractivity contribution in [2.75, 3.05) is 12.4 Å². The molecule has 1 aromatic rings. The highest BCUT2D eigenvalue weighted by molar-refractivity contribution is 6.29. The van der Waals surface area contributed by atoms with E-state index in [1.807, 2.05) is 26.0 Å². The van der Waals surface area contributed by atoms with Crippen molar-refractivity contribution in [1.29, 1.82) is 0 Å². The number of aromatic nitrogens is 1. The molecule has 0 spiro atoms. The first-order chi connectivity index (χ1) is 6.63. The second kappa shape index (κ2) is 5.17. The standard InChI is InChI=1S/C10H15ClN2O/c1-7(8(2)14-3)12-10-6-4-5-9(11)13-10/h4-8H,1-3H3,(H,12,13)/t7-,8?/m1/s1. The average Bonchev–Trinajstić information content (AvgIpc) is 2.16. The average molecular weight is 215 g/mol. The Bertz CT molecular complexity index is 293. The fraction of sp³-hybridized carbons (Fsp3) is 0.500. The van der Waals surface area contributed by atoms with E-state index in [1.54, 1.807) is 13.2 Å². The molecule has 0 aliphatic heterocycles. The van der Waals surface area contributed by atoms with Crippen LogP contribution in [0.25, 0.3) is 0 Å². The molecule has 0 aromatic carbocycles. The van der Waals surface area contributed by atoms with Crippen molar-refractivity contribution in [3.05, 3.63) is 23.4 Å². The van der Waals surface area contributed by atoms with E-state index in [0.29, 0.717) is 5.15 Å². The molecule has 1 heterocycles. The first kappa shape index (κ1) is 11.3. The van der Waals surface area contributed by atoms with Crippen LogP contribution < -0.4 is 5.32 Å². The van der Waals surface area contributed by atoms with Crippen LogP contribution in [0.1, 0.15) is 13.8 Å². The molecule has 0 amide bonds. The number of methoxy groups -OCH3 is 1. The minimum Gasteiger partial charge on any atom is -0.380 e. The number of anilines is 1. The molecule has 14 heavy (non-hydrogen) atoms. The second-order valence-corrected chi connectivity index (χ2v) is 3.61. The Hall–Kier alpha value is -0.800. The van der Waals surface area contributed by atoms with Crippen LogP contribution in [0, 0.1) is 0 Å². The van der Waals surface area contributed by atoms with Crippen molar-refractivity contribution in [3.63, 3.8) is 0 Å². The highest BCUT2D eigenvalue weighted by atomic mass is 35.5. The molecule has 0 saturated carbocycles. The summed E-state index contributed by atoms with van der Waals surface area (Å²) >= 11 is 5.76. The van der Waals surface area contributed by atoms with Crippen LogP contribution in [0.5, 0.6) is 0 Å². The van der Waals surface area contributed by atoms with Crippen LogP contribution >= 0.6 is 11.6 Å². The summed E-state index contributed by atoms with van der Waals surface area (Å²) in [5, 5.41) is 3.71.